The van der Waals surface area contributed by atoms with E-state index in [0.717, 1.165) is 11.8 Å². The minimum absolute atomic E-state index is 0.317. The van der Waals surface area contributed by atoms with Gasteiger partial charge in [0.25, 0.3) is 0 Å². The summed E-state index contributed by atoms with van der Waals surface area (Å²) in [6.45, 7) is 1.77. The van der Waals surface area contributed by atoms with Crippen LogP contribution in [0.25, 0.3) is 10.9 Å². The SMILES string of the molecule is Cc1cccc2ncc([N+](=O)[O-])c(O)c12. The molecule has 1 aromatic carbocycles. The Balaban J connectivity index is 2.89. The molecule has 0 spiro atoms. The second-order valence-electron chi connectivity index (χ2n) is 3.22. The molecule has 2 rings (SSSR count). The molecule has 0 unspecified atom stereocenters. The van der Waals surface area contributed by atoms with Gasteiger partial charge in [0.15, 0.2) is 0 Å². The van der Waals surface area contributed by atoms with E-state index in [-0.39, 0.29) is 11.4 Å². The first-order valence-electron chi connectivity index (χ1n) is 4.33. The van der Waals surface area contributed by atoms with Crippen molar-refractivity contribution in [2.45, 2.75) is 6.92 Å². The minimum atomic E-state index is -0.645. The maximum Gasteiger partial charge on any atom is 0.329 e. The first-order valence-corrected chi connectivity index (χ1v) is 4.33. The van der Waals surface area contributed by atoms with Crippen molar-refractivity contribution in [2.75, 3.05) is 0 Å². The Morgan fingerprint density at radius 3 is 2.87 bits per heavy atom. The largest absolute Gasteiger partial charge is 0.502 e. The number of pyridine rings is 1. The average Bonchev–Trinajstić information content (AvgIpc) is 2.17. The number of hydrogen-bond acceptors (Lipinski definition) is 4. The standard InChI is InChI=1S/C10H8N2O3/c1-6-3-2-4-7-9(6)10(13)8(5-11-7)12(14)15/h2-5H,1H3,(H,11,13). The maximum absolute atomic E-state index is 10.6. The Kier molecular flexibility index (Phi) is 2.00. The zero-order chi connectivity index (χ0) is 11.0. The normalized spacial score (nSPS) is 10.5. The molecule has 15 heavy (non-hydrogen) atoms. The Bertz CT molecular complexity index is 552. The molecule has 0 aliphatic carbocycles. The van der Waals surface area contributed by atoms with E-state index in [2.05, 4.69) is 4.98 Å². The van der Waals surface area contributed by atoms with Gasteiger partial charge in [-0.3, -0.25) is 10.1 Å². The Morgan fingerprint density at radius 1 is 1.47 bits per heavy atom. The molecule has 0 amide bonds. The highest BCUT2D eigenvalue weighted by atomic mass is 16.6. The van der Waals surface area contributed by atoms with Crippen molar-refractivity contribution in [1.82, 2.24) is 4.98 Å². The summed E-state index contributed by atoms with van der Waals surface area (Å²) < 4.78 is 0. The first kappa shape index (κ1) is 9.39. The molecule has 0 bridgehead atoms. The summed E-state index contributed by atoms with van der Waals surface area (Å²) in [4.78, 5) is 13.9. The molecule has 1 aromatic heterocycles. The van der Waals surface area contributed by atoms with Crippen molar-refractivity contribution < 1.29 is 10.0 Å². The molecule has 0 atom stereocenters. The summed E-state index contributed by atoms with van der Waals surface area (Å²) in [5.41, 5.74) is 0.955. The molecule has 1 heterocycles. The Morgan fingerprint density at radius 2 is 2.20 bits per heavy atom. The molecule has 76 valence electrons. The van der Waals surface area contributed by atoms with Gasteiger partial charge in [-0.15, -0.1) is 0 Å². The lowest BCUT2D eigenvalue weighted by Gasteiger charge is -2.03. The molecule has 5 nitrogen and oxygen atoms in total. The van der Waals surface area contributed by atoms with Crippen LogP contribution in [0.15, 0.2) is 24.4 Å². The van der Waals surface area contributed by atoms with Gasteiger partial charge in [0.05, 0.1) is 15.8 Å². The van der Waals surface area contributed by atoms with Crippen LogP contribution >= 0.6 is 0 Å². The number of aromatic nitrogens is 1. The first-order chi connectivity index (χ1) is 7.11. The van der Waals surface area contributed by atoms with Gasteiger partial charge in [0, 0.05) is 0 Å². The van der Waals surface area contributed by atoms with E-state index in [4.69, 9.17) is 0 Å². The van der Waals surface area contributed by atoms with E-state index >= 15 is 0 Å². The molecule has 5 heteroatoms. The number of nitrogens with zero attached hydrogens (tertiary/aromatic N) is 2. The second-order valence-corrected chi connectivity index (χ2v) is 3.22. The summed E-state index contributed by atoms with van der Waals surface area (Å²) in [6, 6.07) is 5.26. The van der Waals surface area contributed by atoms with Crippen LogP contribution in [0.5, 0.6) is 5.75 Å². The third-order valence-electron chi connectivity index (χ3n) is 2.25. The number of hydrogen-bond donors (Lipinski definition) is 1. The molecule has 2 aromatic rings. The number of aromatic hydroxyl groups is 1. The van der Waals surface area contributed by atoms with E-state index in [1.165, 1.54) is 0 Å². The third-order valence-corrected chi connectivity index (χ3v) is 2.25. The number of nitro groups is 1. The van der Waals surface area contributed by atoms with E-state index < -0.39 is 4.92 Å². The van der Waals surface area contributed by atoms with Gasteiger partial charge in [-0.25, -0.2) is 4.98 Å². The predicted octanol–water partition coefficient (Wildman–Crippen LogP) is 2.16. The summed E-state index contributed by atoms with van der Waals surface area (Å²) in [5, 5.41) is 20.7. The van der Waals surface area contributed by atoms with Gasteiger partial charge >= 0.3 is 5.69 Å². The Hall–Kier alpha value is -2.17. The molecular weight excluding hydrogens is 196 g/mol. The maximum atomic E-state index is 10.6. The highest BCUT2D eigenvalue weighted by Crippen LogP contribution is 2.34. The number of benzene rings is 1. The Labute approximate surface area is 85.1 Å². The lowest BCUT2D eigenvalue weighted by molar-refractivity contribution is -0.386. The number of aryl methyl sites for hydroxylation is 1. The number of fused-ring (bicyclic) bond motifs is 1. The van der Waals surface area contributed by atoms with Crippen LogP contribution in [0.2, 0.25) is 0 Å². The fourth-order valence-electron chi connectivity index (χ4n) is 1.52. The van der Waals surface area contributed by atoms with Crippen LogP contribution in [0, 0.1) is 17.0 Å². The van der Waals surface area contributed by atoms with E-state index in [1.54, 1.807) is 25.1 Å². The zero-order valence-corrected chi connectivity index (χ0v) is 7.97. The third kappa shape index (κ3) is 1.38. The smallest absolute Gasteiger partial charge is 0.329 e. The molecule has 0 saturated carbocycles. The number of rotatable bonds is 1. The second kappa shape index (κ2) is 3.20. The summed E-state index contributed by atoms with van der Waals surface area (Å²) in [7, 11) is 0. The quantitative estimate of drug-likeness (QED) is 0.570. The van der Waals surface area contributed by atoms with Gasteiger partial charge in [0.1, 0.15) is 6.20 Å². The van der Waals surface area contributed by atoms with Crippen LogP contribution in [-0.4, -0.2) is 15.0 Å². The van der Waals surface area contributed by atoms with Crippen molar-refractivity contribution in [3.63, 3.8) is 0 Å². The van der Waals surface area contributed by atoms with Crippen molar-refractivity contribution in [3.05, 3.63) is 40.1 Å². The van der Waals surface area contributed by atoms with Crippen LogP contribution in [0.4, 0.5) is 5.69 Å². The summed E-state index contributed by atoms with van der Waals surface area (Å²) in [5.74, 6) is -0.317. The van der Waals surface area contributed by atoms with Gasteiger partial charge < -0.3 is 5.11 Å². The molecule has 0 saturated heterocycles. The van der Waals surface area contributed by atoms with Crippen LogP contribution in [-0.2, 0) is 0 Å². The van der Waals surface area contributed by atoms with Crippen molar-refractivity contribution in [3.8, 4) is 5.75 Å². The average molecular weight is 204 g/mol. The highest BCUT2D eigenvalue weighted by Gasteiger charge is 2.17. The van der Waals surface area contributed by atoms with E-state index in [9.17, 15) is 15.2 Å². The molecule has 1 N–H and O–H groups in total. The lowest BCUT2D eigenvalue weighted by Crippen LogP contribution is -1.92. The fourth-order valence-corrected chi connectivity index (χ4v) is 1.52. The van der Waals surface area contributed by atoms with Gasteiger partial charge in [-0.2, -0.15) is 0 Å². The van der Waals surface area contributed by atoms with Gasteiger partial charge in [0.2, 0.25) is 5.75 Å². The highest BCUT2D eigenvalue weighted by molar-refractivity contribution is 5.90. The summed E-state index contributed by atoms with van der Waals surface area (Å²) in [6.07, 6.45) is 1.07. The van der Waals surface area contributed by atoms with E-state index in [1.807, 2.05) is 0 Å². The van der Waals surface area contributed by atoms with Crippen LogP contribution < -0.4 is 0 Å². The van der Waals surface area contributed by atoms with Crippen molar-refractivity contribution in [2.24, 2.45) is 0 Å². The lowest BCUT2D eigenvalue weighted by atomic mass is 10.1. The van der Waals surface area contributed by atoms with Crippen LogP contribution in [0.1, 0.15) is 5.56 Å². The predicted molar refractivity (Wildman–Crippen MR) is 54.8 cm³/mol. The van der Waals surface area contributed by atoms with E-state index in [0.29, 0.717) is 10.9 Å². The monoisotopic (exact) mass is 204 g/mol. The zero-order valence-electron chi connectivity index (χ0n) is 7.97. The molecule has 0 radical (unpaired) electrons. The van der Waals surface area contributed by atoms with Crippen molar-refractivity contribution >= 4 is 16.6 Å². The van der Waals surface area contributed by atoms with Gasteiger partial charge in [-0.05, 0) is 18.6 Å². The molecular formula is C10H8N2O3. The fraction of sp³-hybridized carbons (Fsp3) is 0.100. The van der Waals surface area contributed by atoms with Crippen molar-refractivity contribution in [1.29, 1.82) is 0 Å². The van der Waals surface area contributed by atoms with Crippen LogP contribution in [0.3, 0.4) is 0 Å². The molecule has 0 fully saturated rings. The van der Waals surface area contributed by atoms with Gasteiger partial charge in [-0.1, -0.05) is 12.1 Å². The molecule has 0 aliphatic heterocycles. The summed E-state index contributed by atoms with van der Waals surface area (Å²) >= 11 is 0. The minimum Gasteiger partial charge on any atom is -0.502 e. The molecule has 0 aliphatic rings. The topological polar surface area (TPSA) is 76.3 Å².